The van der Waals surface area contributed by atoms with Gasteiger partial charge in [0.05, 0.1) is 0 Å². The van der Waals surface area contributed by atoms with Crippen LogP contribution in [0.3, 0.4) is 0 Å². The third kappa shape index (κ3) is 5.78. The average Bonchev–Trinajstić information content (AvgIpc) is 2.55. The van der Waals surface area contributed by atoms with Gasteiger partial charge in [0.2, 0.25) is 5.91 Å². The second-order valence-electron chi connectivity index (χ2n) is 7.71. The second-order valence-corrected chi connectivity index (χ2v) is 7.71. The molecular formula is C20H33ClN2O. The Morgan fingerprint density at radius 2 is 1.83 bits per heavy atom. The lowest BCUT2D eigenvalue weighted by Crippen LogP contribution is -2.47. The number of nitrogens with zero attached hydrogens (tertiary/aromatic N) is 1. The van der Waals surface area contributed by atoms with Crippen LogP contribution in [0, 0.1) is 11.3 Å². The van der Waals surface area contributed by atoms with Gasteiger partial charge < -0.3 is 10.6 Å². The summed E-state index contributed by atoms with van der Waals surface area (Å²) in [6.45, 7) is 8.01. The van der Waals surface area contributed by atoms with E-state index in [1.165, 1.54) is 5.56 Å². The molecule has 1 aliphatic heterocycles. The minimum absolute atomic E-state index is 0. The molecule has 2 N–H and O–H groups in total. The minimum atomic E-state index is -0.268. The Morgan fingerprint density at radius 1 is 1.25 bits per heavy atom. The van der Waals surface area contributed by atoms with Crippen LogP contribution < -0.4 is 5.73 Å². The first-order valence-electron chi connectivity index (χ1n) is 8.99. The first-order valence-corrected chi connectivity index (χ1v) is 8.99. The number of hydrogen-bond acceptors (Lipinski definition) is 2. The van der Waals surface area contributed by atoms with Gasteiger partial charge in [0.1, 0.15) is 0 Å². The third-order valence-electron chi connectivity index (χ3n) is 5.26. The lowest BCUT2D eigenvalue weighted by molar-refractivity contribution is -0.142. The molecule has 136 valence electrons. The van der Waals surface area contributed by atoms with Gasteiger partial charge in [0, 0.05) is 24.5 Å². The quantitative estimate of drug-likeness (QED) is 0.839. The average molecular weight is 353 g/mol. The molecule has 1 aliphatic rings. The summed E-state index contributed by atoms with van der Waals surface area (Å²) in [5.74, 6) is 0.883. The monoisotopic (exact) mass is 352 g/mol. The summed E-state index contributed by atoms with van der Waals surface area (Å²) in [6.07, 6.45) is 5.13. The zero-order valence-corrected chi connectivity index (χ0v) is 16.1. The maximum Gasteiger partial charge on any atom is 0.228 e. The van der Waals surface area contributed by atoms with E-state index in [0.717, 1.165) is 45.2 Å². The highest BCUT2D eigenvalue weighted by Gasteiger charge is 2.34. The molecule has 0 aromatic heterocycles. The molecule has 1 unspecified atom stereocenters. The van der Waals surface area contributed by atoms with Crippen molar-refractivity contribution in [3.8, 4) is 0 Å². The van der Waals surface area contributed by atoms with Gasteiger partial charge in [-0.15, -0.1) is 12.4 Å². The molecule has 1 amide bonds. The molecule has 1 saturated heterocycles. The molecule has 0 aliphatic carbocycles. The van der Waals surface area contributed by atoms with Gasteiger partial charge in [-0.05, 0) is 50.5 Å². The molecule has 0 spiro atoms. The Hall–Kier alpha value is -1.06. The highest BCUT2D eigenvalue weighted by molar-refractivity contribution is 5.85. The summed E-state index contributed by atoms with van der Waals surface area (Å²) in [5.41, 5.74) is 7.08. The Balaban J connectivity index is 0.00000288. The van der Waals surface area contributed by atoms with Crippen LogP contribution in [0.1, 0.15) is 52.0 Å². The van der Waals surface area contributed by atoms with E-state index in [-0.39, 0.29) is 23.9 Å². The van der Waals surface area contributed by atoms with E-state index in [0.29, 0.717) is 11.8 Å². The van der Waals surface area contributed by atoms with Crippen LogP contribution in [0.5, 0.6) is 0 Å². The number of nitrogens with two attached hydrogens (primary N) is 1. The summed E-state index contributed by atoms with van der Waals surface area (Å²) >= 11 is 0. The normalized spacial score (nSPS) is 17.2. The van der Waals surface area contributed by atoms with Crippen LogP contribution in [0.15, 0.2) is 30.3 Å². The third-order valence-corrected chi connectivity index (χ3v) is 5.26. The lowest BCUT2D eigenvalue weighted by atomic mass is 9.83. The molecule has 1 fully saturated rings. The molecule has 4 heteroatoms. The van der Waals surface area contributed by atoms with Gasteiger partial charge in [-0.2, -0.15) is 0 Å². The molecule has 2 rings (SSSR count). The predicted molar refractivity (Wildman–Crippen MR) is 103 cm³/mol. The van der Waals surface area contributed by atoms with Crippen molar-refractivity contribution in [1.29, 1.82) is 0 Å². The molecule has 0 bridgehead atoms. The van der Waals surface area contributed by atoms with E-state index in [1.54, 1.807) is 0 Å². The molecule has 1 atom stereocenters. The van der Waals surface area contributed by atoms with Crippen LogP contribution in [0.25, 0.3) is 0 Å². The fourth-order valence-corrected chi connectivity index (χ4v) is 3.54. The highest BCUT2D eigenvalue weighted by atomic mass is 35.5. The van der Waals surface area contributed by atoms with Crippen molar-refractivity contribution in [2.24, 2.45) is 17.1 Å². The predicted octanol–water partition coefficient (Wildman–Crippen LogP) is 4.04. The molecule has 0 radical (unpaired) electrons. The van der Waals surface area contributed by atoms with E-state index in [2.05, 4.69) is 49.9 Å². The van der Waals surface area contributed by atoms with E-state index in [4.69, 9.17) is 5.73 Å². The molecule has 24 heavy (non-hydrogen) atoms. The largest absolute Gasteiger partial charge is 0.342 e. The zero-order chi connectivity index (χ0) is 16.9. The van der Waals surface area contributed by atoms with Crippen molar-refractivity contribution in [3.05, 3.63) is 35.9 Å². The van der Waals surface area contributed by atoms with Crippen molar-refractivity contribution < 1.29 is 4.79 Å². The number of aryl methyl sites for hydroxylation is 1. The number of piperidine rings is 1. The molecule has 1 aromatic rings. The van der Waals surface area contributed by atoms with Crippen molar-refractivity contribution >= 4 is 18.3 Å². The van der Waals surface area contributed by atoms with Crippen LogP contribution in [-0.2, 0) is 11.2 Å². The number of benzene rings is 1. The Kier molecular flexibility index (Phi) is 8.24. The summed E-state index contributed by atoms with van der Waals surface area (Å²) < 4.78 is 0. The Morgan fingerprint density at radius 3 is 2.38 bits per heavy atom. The van der Waals surface area contributed by atoms with Crippen molar-refractivity contribution in [1.82, 2.24) is 4.90 Å². The van der Waals surface area contributed by atoms with E-state index in [1.807, 2.05) is 6.07 Å². The summed E-state index contributed by atoms with van der Waals surface area (Å²) in [7, 11) is 0. The second kappa shape index (κ2) is 9.43. The van der Waals surface area contributed by atoms with Crippen LogP contribution in [0.4, 0.5) is 0 Å². The molecule has 1 aromatic carbocycles. The smallest absolute Gasteiger partial charge is 0.228 e. The summed E-state index contributed by atoms with van der Waals surface area (Å²) in [6, 6.07) is 10.8. The van der Waals surface area contributed by atoms with Crippen molar-refractivity contribution in [2.45, 2.75) is 58.9 Å². The first-order chi connectivity index (χ1) is 10.9. The number of amides is 1. The SMILES string of the molecule is CC(N)C1CCN(C(=O)C(C)(C)CCCc2ccccc2)CC1.Cl. The molecule has 1 heterocycles. The maximum atomic E-state index is 12.8. The topological polar surface area (TPSA) is 46.3 Å². The molecular weight excluding hydrogens is 320 g/mol. The number of hydrogen-bond donors (Lipinski definition) is 1. The van der Waals surface area contributed by atoms with E-state index >= 15 is 0 Å². The highest BCUT2D eigenvalue weighted by Crippen LogP contribution is 2.29. The summed E-state index contributed by atoms with van der Waals surface area (Å²) in [4.78, 5) is 14.9. The summed E-state index contributed by atoms with van der Waals surface area (Å²) in [5, 5.41) is 0. The van der Waals surface area contributed by atoms with E-state index in [9.17, 15) is 4.79 Å². The number of likely N-dealkylation sites (tertiary alicyclic amines) is 1. The Labute approximate surface area is 153 Å². The molecule has 3 nitrogen and oxygen atoms in total. The maximum absolute atomic E-state index is 12.8. The van der Waals surface area contributed by atoms with Crippen LogP contribution >= 0.6 is 12.4 Å². The van der Waals surface area contributed by atoms with Gasteiger partial charge in [0.25, 0.3) is 0 Å². The minimum Gasteiger partial charge on any atom is -0.342 e. The molecule has 0 saturated carbocycles. The van der Waals surface area contributed by atoms with Gasteiger partial charge in [-0.1, -0.05) is 44.2 Å². The lowest BCUT2D eigenvalue weighted by Gasteiger charge is -2.38. The number of carbonyl (C=O) groups excluding carboxylic acids is 1. The Bertz CT molecular complexity index is 494. The van der Waals surface area contributed by atoms with Gasteiger partial charge in [0.15, 0.2) is 0 Å². The van der Waals surface area contributed by atoms with Crippen LogP contribution in [-0.4, -0.2) is 29.9 Å². The number of rotatable bonds is 6. The van der Waals surface area contributed by atoms with Gasteiger partial charge in [-0.25, -0.2) is 0 Å². The van der Waals surface area contributed by atoms with Crippen LogP contribution in [0.2, 0.25) is 0 Å². The first kappa shape index (κ1) is 21.0. The fraction of sp³-hybridized carbons (Fsp3) is 0.650. The van der Waals surface area contributed by atoms with Gasteiger partial charge >= 0.3 is 0 Å². The van der Waals surface area contributed by atoms with Crippen molar-refractivity contribution in [3.63, 3.8) is 0 Å². The number of halogens is 1. The van der Waals surface area contributed by atoms with Crippen molar-refractivity contribution in [2.75, 3.05) is 13.1 Å². The number of carbonyl (C=O) groups is 1. The standard InChI is InChI=1S/C20H32N2O.ClH/c1-16(21)18-11-14-22(15-12-18)19(23)20(2,3)13-7-10-17-8-5-4-6-9-17;/h4-6,8-9,16,18H,7,10-15,21H2,1-3H3;1H. The van der Waals surface area contributed by atoms with E-state index < -0.39 is 0 Å². The zero-order valence-electron chi connectivity index (χ0n) is 15.3. The van der Waals surface area contributed by atoms with Gasteiger partial charge in [-0.3, -0.25) is 4.79 Å². The fourth-order valence-electron chi connectivity index (χ4n) is 3.54.